The van der Waals surface area contributed by atoms with Crippen molar-refractivity contribution in [2.75, 3.05) is 0 Å². The molecular formula is C9H17O6Si. The minimum atomic E-state index is -2.96. The number of carbonyl (C=O) groups excluding carboxylic acids is 3. The van der Waals surface area contributed by atoms with Gasteiger partial charge >= 0.3 is 9.53 Å². The summed E-state index contributed by atoms with van der Waals surface area (Å²) < 4.78 is 13.5. The fourth-order valence-electron chi connectivity index (χ4n) is 0.479. The maximum Gasteiger partial charge on any atom is 0.689 e. The van der Waals surface area contributed by atoms with Crippen LogP contribution in [0.4, 0.5) is 0 Å². The van der Waals surface area contributed by atoms with Gasteiger partial charge in [-0.1, -0.05) is 20.3 Å². The van der Waals surface area contributed by atoms with Crippen LogP contribution in [-0.4, -0.2) is 27.4 Å². The van der Waals surface area contributed by atoms with Gasteiger partial charge in [-0.2, -0.15) is 0 Å². The van der Waals surface area contributed by atoms with Crippen LogP contribution < -0.4 is 0 Å². The van der Waals surface area contributed by atoms with Crippen molar-refractivity contribution >= 4 is 27.4 Å². The van der Waals surface area contributed by atoms with E-state index in [0.717, 1.165) is 27.2 Å². The van der Waals surface area contributed by atoms with Gasteiger partial charge in [0.05, 0.1) is 0 Å². The Kier molecular flexibility index (Phi) is 10.8. The fourth-order valence-corrected chi connectivity index (χ4v) is 1.44. The van der Waals surface area contributed by atoms with Gasteiger partial charge < -0.3 is 13.3 Å². The van der Waals surface area contributed by atoms with E-state index in [0.29, 0.717) is 0 Å². The minimum Gasteiger partial charge on any atom is -0.458 e. The first-order valence-corrected chi connectivity index (χ1v) is 6.05. The lowest BCUT2D eigenvalue weighted by molar-refractivity contribution is -0.144. The van der Waals surface area contributed by atoms with E-state index in [1.807, 2.05) is 6.92 Å². The van der Waals surface area contributed by atoms with Gasteiger partial charge in [-0.25, -0.2) is 0 Å². The Morgan fingerprint density at radius 3 is 1.25 bits per heavy atom. The highest BCUT2D eigenvalue weighted by Crippen LogP contribution is 1.94. The van der Waals surface area contributed by atoms with E-state index < -0.39 is 27.4 Å². The van der Waals surface area contributed by atoms with E-state index in [1.54, 1.807) is 0 Å². The molecule has 0 saturated heterocycles. The molecule has 0 atom stereocenters. The maximum absolute atomic E-state index is 10.4. The van der Waals surface area contributed by atoms with Crippen molar-refractivity contribution in [3.05, 3.63) is 6.92 Å². The van der Waals surface area contributed by atoms with Gasteiger partial charge in [0, 0.05) is 20.8 Å². The molecule has 0 unspecified atom stereocenters. The van der Waals surface area contributed by atoms with Crippen LogP contribution in [0, 0.1) is 6.92 Å². The third kappa shape index (κ3) is 15.1. The van der Waals surface area contributed by atoms with Crippen LogP contribution in [0.3, 0.4) is 0 Å². The van der Waals surface area contributed by atoms with E-state index in [4.69, 9.17) is 0 Å². The van der Waals surface area contributed by atoms with Gasteiger partial charge in [0.1, 0.15) is 0 Å². The SMILES string of the molecule is CC(=O)O[SiH](OC(C)=O)OC(C)=O.[CH2]CC. The van der Waals surface area contributed by atoms with Gasteiger partial charge in [0.25, 0.3) is 17.9 Å². The highest BCUT2D eigenvalue weighted by Gasteiger charge is 2.25. The molecule has 0 bridgehead atoms. The smallest absolute Gasteiger partial charge is 0.458 e. The molecule has 0 aliphatic heterocycles. The molecule has 0 aliphatic rings. The minimum absolute atomic E-state index is 0.654. The van der Waals surface area contributed by atoms with Crippen LogP contribution in [-0.2, 0) is 27.7 Å². The maximum atomic E-state index is 10.4. The van der Waals surface area contributed by atoms with Gasteiger partial charge in [-0.15, -0.1) is 0 Å². The van der Waals surface area contributed by atoms with E-state index in [-0.39, 0.29) is 0 Å². The second-order valence-electron chi connectivity index (χ2n) is 2.62. The quantitative estimate of drug-likeness (QED) is 0.682. The van der Waals surface area contributed by atoms with E-state index in [2.05, 4.69) is 20.2 Å². The molecule has 0 spiro atoms. The Labute approximate surface area is 96.8 Å². The normalized spacial score (nSPS) is 8.62. The molecule has 93 valence electrons. The number of hydrogen-bond donors (Lipinski definition) is 0. The fraction of sp³-hybridized carbons (Fsp3) is 0.556. The summed E-state index contributed by atoms with van der Waals surface area (Å²) in [4.78, 5) is 31.3. The van der Waals surface area contributed by atoms with Gasteiger partial charge in [0.15, 0.2) is 0 Å². The van der Waals surface area contributed by atoms with Gasteiger partial charge in [-0.3, -0.25) is 14.4 Å². The average Bonchev–Trinajstić information content (AvgIpc) is 2.00. The number of hydrogen-bond acceptors (Lipinski definition) is 6. The van der Waals surface area contributed by atoms with Gasteiger partial charge in [0.2, 0.25) is 0 Å². The molecular weight excluding hydrogens is 232 g/mol. The topological polar surface area (TPSA) is 78.9 Å². The molecule has 0 aromatic heterocycles. The van der Waals surface area contributed by atoms with Crippen molar-refractivity contribution < 1.29 is 27.7 Å². The van der Waals surface area contributed by atoms with Crippen LogP contribution in [0.5, 0.6) is 0 Å². The van der Waals surface area contributed by atoms with Crippen LogP contribution in [0.1, 0.15) is 34.1 Å². The molecule has 0 aromatic carbocycles. The Bertz CT molecular complexity index is 202. The van der Waals surface area contributed by atoms with Crippen molar-refractivity contribution in [2.45, 2.75) is 34.1 Å². The summed E-state index contributed by atoms with van der Waals surface area (Å²) in [6, 6.07) is 0. The Morgan fingerprint density at radius 1 is 0.938 bits per heavy atom. The Balaban J connectivity index is 0. The molecule has 1 radical (unpaired) electrons. The molecule has 0 heterocycles. The van der Waals surface area contributed by atoms with Crippen LogP contribution >= 0.6 is 0 Å². The lowest BCUT2D eigenvalue weighted by Crippen LogP contribution is -2.32. The van der Waals surface area contributed by atoms with Gasteiger partial charge in [-0.05, 0) is 0 Å². The summed E-state index contributed by atoms with van der Waals surface area (Å²) in [6.07, 6.45) is 1.00. The zero-order chi connectivity index (χ0) is 13.1. The molecule has 0 amide bonds. The second kappa shape index (κ2) is 10.2. The molecule has 0 fully saturated rings. The summed E-state index contributed by atoms with van der Waals surface area (Å²) in [5, 5.41) is 0. The average molecular weight is 249 g/mol. The summed E-state index contributed by atoms with van der Waals surface area (Å²) in [5.41, 5.74) is 0. The van der Waals surface area contributed by atoms with Crippen LogP contribution in [0.2, 0.25) is 0 Å². The zero-order valence-corrected chi connectivity index (χ0v) is 11.1. The highest BCUT2D eigenvalue weighted by molar-refractivity contribution is 6.43. The molecule has 16 heavy (non-hydrogen) atoms. The Hall–Kier alpha value is -1.37. The van der Waals surface area contributed by atoms with Crippen LogP contribution in [0.25, 0.3) is 0 Å². The summed E-state index contributed by atoms with van der Waals surface area (Å²) in [6.45, 7) is 8.90. The summed E-state index contributed by atoms with van der Waals surface area (Å²) in [5.74, 6) is -1.96. The predicted octanol–water partition coefficient (Wildman–Crippen LogP) is 0.623. The monoisotopic (exact) mass is 249 g/mol. The largest absolute Gasteiger partial charge is 0.689 e. The summed E-state index contributed by atoms with van der Waals surface area (Å²) in [7, 11) is -2.96. The van der Waals surface area contributed by atoms with E-state index >= 15 is 0 Å². The zero-order valence-electron chi connectivity index (χ0n) is 9.94. The highest BCUT2D eigenvalue weighted by atomic mass is 28.3. The second-order valence-corrected chi connectivity index (χ2v) is 3.90. The predicted molar refractivity (Wildman–Crippen MR) is 58.1 cm³/mol. The van der Waals surface area contributed by atoms with Crippen molar-refractivity contribution in [1.82, 2.24) is 0 Å². The third-order valence-corrected chi connectivity index (χ3v) is 2.36. The Morgan fingerprint density at radius 2 is 1.12 bits per heavy atom. The standard InChI is InChI=1S/C6H10O6Si.C3H7/c1-4(7)10-13(11-5(2)8)12-6(3)9;1-3-2/h13H,1-3H3;1,3H2,2H3. The molecule has 0 saturated carbocycles. The molecule has 0 aliphatic carbocycles. The molecule has 7 heteroatoms. The molecule has 0 N–H and O–H groups in total. The molecule has 6 nitrogen and oxygen atoms in total. The molecule has 0 aromatic rings. The van der Waals surface area contributed by atoms with Crippen molar-refractivity contribution in [2.24, 2.45) is 0 Å². The van der Waals surface area contributed by atoms with E-state index in [9.17, 15) is 14.4 Å². The van der Waals surface area contributed by atoms with Crippen LogP contribution in [0.15, 0.2) is 0 Å². The lowest BCUT2D eigenvalue weighted by atomic mass is 10.6. The first-order chi connectivity index (χ1) is 7.33. The number of carbonyl (C=O) groups is 3. The first kappa shape index (κ1) is 17.0. The number of rotatable bonds is 3. The summed E-state index contributed by atoms with van der Waals surface area (Å²) >= 11 is 0. The third-order valence-electron chi connectivity index (χ3n) is 0.787. The van der Waals surface area contributed by atoms with E-state index in [1.165, 1.54) is 0 Å². The lowest BCUT2D eigenvalue weighted by Gasteiger charge is -2.12. The van der Waals surface area contributed by atoms with Crippen molar-refractivity contribution in [3.63, 3.8) is 0 Å². The van der Waals surface area contributed by atoms with Crippen molar-refractivity contribution in [1.29, 1.82) is 0 Å². The first-order valence-electron chi connectivity index (χ1n) is 4.64. The molecule has 0 rings (SSSR count). The van der Waals surface area contributed by atoms with Crippen molar-refractivity contribution in [3.8, 4) is 0 Å².